The van der Waals surface area contributed by atoms with E-state index < -0.39 is 47.4 Å². The van der Waals surface area contributed by atoms with Gasteiger partial charge in [-0.2, -0.15) is 0 Å². The first-order chi connectivity index (χ1) is 38.4. The van der Waals surface area contributed by atoms with Crippen LogP contribution in [0.2, 0.25) is 0 Å². The lowest BCUT2D eigenvalue weighted by Crippen LogP contribution is -2.58. The molecule has 5 atom stereocenters. The third-order valence-electron chi connectivity index (χ3n) is 14.2. The number of anilines is 1. The number of β-amino-alcohol motifs (C(OH)–C–C–N with tert-alkyl or cyclic N) is 1. The quantitative estimate of drug-likeness (QED) is 0.0325. The number of fused-ring (bicyclic) bond motifs is 3. The number of thiazole rings is 1. The van der Waals surface area contributed by atoms with Gasteiger partial charge in [-0.15, -0.1) is 32.9 Å². The largest absolute Gasteiger partial charge is 0.491 e. The maximum absolute atomic E-state index is 14.0. The standard InChI is InChI=1S/C59H73N9O10S2/c1-35-38(4)80-58-51(35)52(63-47(31-50(71)72)55-66-65-39(5)68(55)58)42-17-19-44(20-18-42)60-23-9-10-40-11-21-46(22-12-40)78-29-28-76-25-24-75-26-27-77-33-49(70)64-54(59(6,7)8)57(74)67-32-45(69)30-48(67)56(73)62-36(2)41-13-15-43(16-14-41)53-37(3)61-34-79-53/h11-22,34,36,45,47-48,54,60,69H,9-10,23-33H2,1-8H3,(H,62,73)(H,64,70)(H,71,72)/t36-,45+,47-,48-,54+/m0/s1. The zero-order valence-corrected chi connectivity index (χ0v) is 48.4. The molecule has 1 fully saturated rings. The molecule has 3 aromatic carbocycles. The van der Waals surface area contributed by atoms with Gasteiger partial charge in [-0.1, -0.05) is 69.3 Å². The fourth-order valence-corrected chi connectivity index (χ4v) is 11.8. The first kappa shape index (κ1) is 59.2. The second-order valence-electron chi connectivity index (χ2n) is 21.3. The van der Waals surface area contributed by atoms with Crippen molar-refractivity contribution < 1.29 is 48.3 Å². The van der Waals surface area contributed by atoms with E-state index in [2.05, 4.69) is 57.1 Å². The number of nitrogens with zero attached hydrogens (tertiary/aromatic N) is 6. The average Bonchev–Trinajstić information content (AvgIpc) is 4.36. The number of hydrogen-bond donors (Lipinski definition) is 5. The number of amides is 3. The highest BCUT2D eigenvalue weighted by Crippen LogP contribution is 2.40. The Bertz CT molecular complexity index is 3110. The number of benzene rings is 3. The van der Waals surface area contributed by atoms with E-state index in [-0.39, 0.29) is 51.2 Å². The Morgan fingerprint density at radius 1 is 0.838 bits per heavy atom. The van der Waals surface area contributed by atoms with Crippen LogP contribution in [0.3, 0.4) is 0 Å². The number of aromatic nitrogens is 4. The molecule has 80 heavy (non-hydrogen) atoms. The van der Waals surface area contributed by atoms with Gasteiger partial charge >= 0.3 is 5.97 Å². The predicted octanol–water partition coefficient (Wildman–Crippen LogP) is 7.90. The van der Waals surface area contributed by atoms with Crippen LogP contribution < -0.4 is 20.7 Å². The monoisotopic (exact) mass is 1130 g/mol. The van der Waals surface area contributed by atoms with Crippen LogP contribution >= 0.6 is 22.7 Å². The van der Waals surface area contributed by atoms with Crippen molar-refractivity contribution in [2.45, 2.75) is 111 Å². The summed E-state index contributed by atoms with van der Waals surface area (Å²) in [6.07, 6.45) is 0.819. The van der Waals surface area contributed by atoms with E-state index in [0.717, 1.165) is 84.8 Å². The molecule has 0 radical (unpaired) electrons. The number of carboxylic acids is 1. The Labute approximate surface area is 475 Å². The van der Waals surface area contributed by atoms with E-state index in [0.29, 0.717) is 38.1 Å². The molecule has 0 spiro atoms. The van der Waals surface area contributed by atoms with Gasteiger partial charge in [0, 0.05) is 41.2 Å². The van der Waals surface area contributed by atoms with Crippen LogP contribution in [0.5, 0.6) is 5.75 Å². The second kappa shape index (κ2) is 27.1. The summed E-state index contributed by atoms with van der Waals surface area (Å²) in [5, 5.41) is 39.3. The van der Waals surface area contributed by atoms with Crippen molar-refractivity contribution in [3.05, 3.63) is 128 Å². The van der Waals surface area contributed by atoms with Gasteiger partial charge in [0.15, 0.2) is 5.82 Å². The molecular weight excluding hydrogens is 1060 g/mol. The molecule has 0 saturated carbocycles. The molecule has 8 rings (SSSR count). The number of aliphatic hydroxyl groups excluding tert-OH is 1. The lowest BCUT2D eigenvalue weighted by molar-refractivity contribution is -0.144. The maximum Gasteiger partial charge on any atom is 0.306 e. The van der Waals surface area contributed by atoms with Crippen LogP contribution in [0.15, 0.2) is 83.3 Å². The second-order valence-corrected chi connectivity index (χ2v) is 23.3. The summed E-state index contributed by atoms with van der Waals surface area (Å²) in [6.45, 7) is 17.7. The molecule has 6 aromatic rings. The van der Waals surface area contributed by atoms with Crippen molar-refractivity contribution in [1.82, 2.24) is 35.3 Å². The summed E-state index contributed by atoms with van der Waals surface area (Å²) in [4.78, 5) is 65.7. The zero-order valence-electron chi connectivity index (χ0n) is 46.7. The summed E-state index contributed by atoms with van der Waals surface area (Å²) in [6, 6.07) is 21.2. The fraction of sp³-hybridized carbons (Fsp3) is 0.458. The van der Waals surface area contributed by atoms with E-state index in [4.69, 9.17) is 23.9 Å². The van der Waals surface area contributed by atoms with Crippen molar-refractivity contribution in [2.75, 3.05) is 64.7 Å². The van der Waals surface area contributed by atoms with Crippen molar-refractivity contribution >= 4 is 57.8 Å². The highest BCUT2D eigenvalue weighted by molar-refractivity contribution is 7.15. The number of rotatable bonds is 26. The Morgan fingerprint density at radius 3 is 2.17 bits per heavy atom. The van der Waals surface area contributed by atoms with E-state index >= 15 is 0 Å². The molecule has 2 aliphatic rings. The van der Waals surface area contributed by atoms with Gasteiger partial charge in [-0.3, -0.25) is 28.7 Å². The summed E-state index contributed by atoms with van der Waals surface area (Å²) in [7, 11) is 0. The summed E-state index contributed by atoms with van der Waals surface area (Å²) in [5.41, 5.74) is 9.94. The van der Waals surface area contributed by atoms with Gasteiger partial charge in [0.1, 0.15) is 47.9 Å². The van der Waals surface area contributed by atoms with E-state index in [1.807, 2.05) is 112 Å². The lowest BCUT2D eigenvalue weighted by atomic mass is 9.85. The third kappa shape index (κ3) is 14.9. The molecule has 0 bridgehead atoms. The van der Waals surface area contributed by atoms with Gasteiger partial charge in [-0.05, 0) is 99.4 Å². The molecule has 21 heteroatoms. The minimum atomic E-state index is -0.976. The van der Waals surface area contributed by atoms with E-state index in [1.165, 1.54) is 10.5 Å². The molecule has 5 heterocycles. The lowest BCUT2D eigenvalue weighted by Gasteiger charge is -2.35. The SMILES string of the molecule is Cc1ncsc1-c1ccc([C@H](C)NC(=O)[C@@H]2C[C@@H](O)CN2C(=O)[C@@H](NC(=O)COCCOCCOCCOc2ccc(CCCNc3ccc(C4=N[C@@H](CC(=O)O)c5nnc(C)n5-c5sc(C)c(C)c54)cc3)cc2)C(C)(C)C)cc1. The topological polar surface area (TPSA) is 241 Å². The van der Waals surface area contributed by atoms with Gasteiger partial charge < -0.3 is 50.0 Å². The smallest absolute Gasteiger partial charge is 0.306 e. The van der Waals surface area contributed by atoms with Crippen LogP contribution in [0.25, 0.3) is 15.4 Å². The van der Waals surface area contributed by atoms with Gasteiger partial charge in [0.2, 0.25) is 17.7 Å². The van der Waals surface area contributed by atoms with E-state index in [1.54, 1.807) is 22.7 Å². The molecule has 3 aromatic heterocycles. The Morgan fingerprint density at radius 2 is 1.51 bits per heavy atom. The number of aliphatic carboxylic acids is 1. The molecule has 2 aliphatic heterocycles. The van der Waals surface area contributed by atoms with Crippen LogP contribution in [-0.2, 0) is 39.8 Å². The molecule has 0 unspecified atom stereocenters. The van der Waals surface area contributed by atoms with Gasteiger partial charge in [-0.25, -0.2) is 4.98 Å². The number of nitrogens with one attached hydrogen (secondary N) is 3. The molecule has 3 amide bonds. The molecule has 19 nitrogen and oxygen atoms in total. The van der Waals surface area contributed by atoms with Crippen LogP contribution in [-0.4, -0.2) is 142 Å². The minimum absolute atomic E-state index is 0.0251. The highest BCUT2D eigenvalue weighted by atomic mass is 32.1. The number of carbonyl (C=O) groups is 4. The van der Waals surface area contributed by atoms with Gasteiger partial charge in [0.05, 0.1) is 73.4 Å². The summed E-state index contributed by atoms with van der Waals surface area (Å²) >= 11 is 3.21. The minimum Gasteiger partial charge on any atom is -0.491 e. The summed E-state index contributed by atoms with van der Waals surface area (Å²) in [5.74, 6) is -0.269. The van der Waals surface area contributed by atoms with Gasteiger partial charge in [0.25, 0.3) is 0 Å². The number of aliphatic imine (C=N–C) groups is 1. The first-order valence-electron chi connectivity index (χ1n) is 27.1. The molecule has 5 N–H and O–H groups in total. The number of carboxylic acid groups (broad SMARTS) is 1. The number of thiophene rings is 1. The van der Waals surface area contributed by atoms with Crippen molar-refractivity contribution in [1.29, 1.82) is 0 Å². The molecular formula is C59H73N9O10S2. The fourth-order valence-electron chi connectivity index (χ4n) is 9.75. The normalized spacial score (nSPS) is 16.7. The van der Waals surface area contributed by atoms with Crippen LogP contribution in [0.1, 0.15) is 109 Å². The molecule has 1 saturated heterocycles. The molecule has 426 valence electrons. The van der Waals surface area contributed by atoms with Crippen molar-refractivity contribution in [2.24, 2.45) is 10.4 Å². The van der Waals surface area contributed by atoms with Crippen LogP contribution in [0, 0.1) is 33.1 Å². The predicted molar refractivity (Wildman–Crippen MR) is 308 cm³/mol. The number of likely N-dealkylation sites (tertiary alicyclic amines) is 1. The number of aliphatic hydroxyl groups is 1. The number of aryl methyl sites for hydroxylation is 4. The summed E-state index contributed by atoms with van der Waals surface area (Å²) < 4.78 is 24.7. The molecule has 0 aliphatic carbocycles. The Kier molecular flexibility index (Phi) is 20.0. The zero-order chi connectivity index (χ0) is 57.1. The Balaban J connectivity index is 0.679. The third-order valence-corrected chi connectivity index (χ3v) is 16.4. The number of ether oxygens (including phenoxy) is 4. The first-order valence-corrected chi connectivity index (χ1v) is 28.8. The number of carbonyl (C=O) groups excluding carboxylic acids is 3. The van der Waals surface area contributed by atoms with Crippen molar-refractivity contribution in [3.8, 4) is 21.2 Å². The van der Waals surface area contributed by atoms with Crippen molar-refractivity contribution in [3.63, 3.8) is 0 Å². The van der Waals surface area contributed by atoms with E-state index in [9.17, 15) is 29.4 Å². The van der Waals surface area contributed by atoms with Crippen LogP contribution in [0.4, 0.5) is 5.69 Å². The average molecular weight is 1130 g/mol. The number of hydrogen-bond acceptors (Lipinski definition) is 16. The highest BCUT2D eigenvalue weighted by Gasteiger charge is 2.45. The maximum atomic E-state index is 14.0. The Hall–Kier alpha value is -6.88.